The van der Waals surface area contributed by atoms with Gasteiger partial charge in [0.1, 0.15) is 18.5 Å². The summed E-state index contributed by atoms with van der Waals surface area (Å²) in [5.74, 6) is 0.740. The SMILES string of the molecule is OC(COc1cccc(-c2ccn[nH]2)c1)CN1CCN(c2ccc(Cl)cc2)CC1. The van der Waals surface area contributed by atoms with Gasteiger partial charge in [-0.1, -0.05) is 23.7 Å². The molecule has 7 heteroatoms. The number of benzene rings is 2. The van der Waals surface area contributed by atoms with Crippen LogP contribution in [0, 0.1) is 0 Å². The smallest absolute Gasteiger partial charge is 0.120 e. The third-order valence-electron chi connectivity index (χ3n) is 5.12. The van der Waals surface area contributed by atoms with Gasteiger partial charge in [0.2, 0.25) is 0 Å². The Morgan fingerprint density at radius 1 is 1.07 bits per heavy atom. The fraction of sp³-hybridized carbons (Fsp3) is 0.318. The minimum absolute atomic E-state index is 0.268. The summed E-state index contributed by atoms with van der Waals surface area (Å²) in [7, 11) is 0. The molecule has 4 rings (SSSR count). The number of anilines is 1. The molecule has 6 nitrogen and oxygen atoms in total. The van der Waals surface area contributed by atoms with Crippen molar-refractivity contribution in [3.05, 3.63) is 65.8 Å². The summed E-state index contributed by atoms with van der Waals surface area (Å²) in [6.45, 7) is 4.56. The van der Waals surface area contributed by atoms with Gasteiger partial charge in [-0.25, -0.2) is 0 Å². The summed E-state index contributed by atoms with van der Waals surface area (Å²) in [5.41, 5.74) is 3.14. The van der Waals surface area contributed by atoms with Gasteiger partial charge in [0, 0.05) is 55.2 Å². The van der Waals surface area contributed by atoms with E-state index in [-0.39, 0.29) is 6.61 Å². The van der Waals surface area contributed by atoms with Crippen LogP contribution in [0.5, 0.6) is 5.75 Å². The first kappa shape index (κ1) is 19.8. The Labute approximate surface area is 175 Å². The van der Waals surface area contributed by atoms with E-state index in [9.17, 15) is 5.11 Å². The van der Waals surface area contributed by atoms with Gasteiger partial charge in [0.05, 0.1) is 5.69 Å². The Morgan fingerprint density at radius 2 is 1.86 bits per heavy atom. The molecule has 29 heavy (non-hydrogen) atoms. The van der Waals surface area contributed by atoms with Crippen LogP contribution in [-0.4, -0.2) is 65.6 Å². The first-order valence-electron chi connectivity index (χ1n) is 9.81. The molecular formula is C22H25ClN4O2. The summed E-state index contributed by atoms with van der Waals surface area (Å²) >= 11 is 5.97. The Morgan fingerprint density at radius 3 is 2.59 bits per heavy atom. The molecule has 0 spiro atoms. The lowest BCUT2D eigenvalue weighted by atomic mass is 10.1. The van der Waals surface area contributed by atoms with E-state index in [4.69, 9.17) is 16.3 Å². The molecule has 0 bridgehead atoms. The standard InChI is InChI=1S/C22H25ClN4O2/c23-18-4-6-19(7-5-18)27-12-10-26(11-13-27)15-20(28)16-29-21-3-1-2-17(14-21)22-8-9-24-25-22/h1-9,14,20,28H,10-13,15-16H2,(H,24,25). The van der Waals surface area contributed by atoms with Crippen LogP contribution < -0.4 is 9.64 Å². The van der Waals surface area contributed by atoms with Crippen LogP contribution in [0.1, 0.15) is 0 Å². The van der Waals surface area contributed by atoms with Crippen molar-refractivity contribution in [2.45, 2.75) is 6.10 Å². The molecule has 1 saturated heterocycles. The Balaban J connectivity index is 1.23. The lowest BCUT2D eigenvalue weighted by molar-refractivity contribution is 0.0663. The molecule has 1 fully saturated rings. The molecule has 0 saturated carbocycles. The van der Waals surface area contributed by atoms with E-state index in [0.717, 1.165) is 48.2 Å². The molecule has 2 heterocycles. The average Bonchev–Trinajstić information content (AvgIpc) is 3.29. The zero-order chi connectivity index (χ0) is 20.1. The molecule has 2 N–H and O–H groups in total. The maximum Gasteiger partial charge on any atom is 0.120 e. The zero-order valence-electron chi connectivity index (χ0n) is 16.2. The third kappa shape index (κ3) is 5.29. The summed E-state index contributed by atoms with van der Waals surface area (Å²) in [6, 6.07) is 17.7. The molecule has 1 aliphatic heterocycles. The largest absolute Gasteiger partial charge is 0.491 e. The molecular weight excluding hydrogens is 388 g/mol. The molecule has 0 radical (unpaired) electrons. The number of ether oxygens (including phenoxy) is 1. The quantitative estimate of drug-likeness (QED) is 0.623. The van der Waals surface area contributed by atoms with Crippen molar-refractivity contribution in [1.29, 1.82) is 0 Å². The summed E-state index contributed by atoms with van der Waals surface area (Å²) in [6.07, 6.45) is 1.19. The summed E-state index contributed by atoms with van der Waals surface area (Å²) in [4.78, 5) is 4.62. The summed E-state index contributed by atoms with van der Waals surface area (Å²) < 4.78 is 5.82. The van der Waals surface area contributed by atoms with Gasteiger partial charge in [-0.15, -0.1) is 0 Å². The highest BCUT2D eigenvalue weighted by Crippen LogP contribution is 2.22. The second kappa shape index (κ2) is 9.31. The molecule has 0 aliphatic carbocycles. The number of H-pyrrole nitrogens is 1. The lowest BCUT2D eigenvalue weighted by Gasteiger charge is -2.36. The normalized spacial score (nSPS) is 16.0. The Hall–Kier alpha value is -2.54. The number of aliphatic hydroxyl groups excluding tert-OH is 1. The van der Waals surface area contributed by atoms with E-state index >= 15 is 0 Å². The monoisotopic (exact) mass is 412 g/mol. The van der Waals surface area contributed by atoms with Gasteiger partial charge in [-0.3, -0.25) is 10.00 Å². The second-order valence-electron chi connectivity index (χ2n) is 7.23. The van der Waals surface area contributed by atoms with Crippen LogP contribution in [0.15, 0.2) is 60.8 Å². The van der Waals surface area contributed by atoms with Gasteiger partial charge in [0.25, 0.3) is 0 Å². The molecule has 1 unspecified atom stereocenters. The second-order valence-corrected chi connectivity index (χ2v) is 7.66. The number of nitrogens with one attached hydrogen (secondary N) is 1. The first-order valence-corrected chi connectivity index (χ1v) is 10.2. The van der Waals surface area contributed by atoms with Crippen molar-refractivity contribution >= 4 is 17.3 Å². The zero-order valence-corrected chi connectivity index (χ0v) is 16.9. The number of aromatic nitrogens is 2. The Bertz CT molecular complexity index is 893. The minimum Gasteiger partial charge on any atom is -0.491 e. The maximum absolute atomic E-state index is 10.4. The minimum atomic E-state index is -0.534. The van der Waals surface area contributed by atoms with Gasteiger partial charge < -0.3 is 14.7 Å². The van der Waals surface area contributed by atoms with E-state index in [1.165, 1.54) is 5.69 Å². The van der Waals surface area contributed by atoms with E-state index in [0.29, 0.717) is 6.54 Å². The van der Waals surface area contributed by atoms with E-state index in [2.05, 4.69) is 32.1 Å². The predicted molar refractivity (Wildman–Crippen MR) is 116 cm³/mol. The number of halogens is 1. The molecule has 3 aromatic rings. The van der Waals surface area contributed by atoms with Crippen LogP contribution in [0.25, 0.3) is 11.3 Å². The maximum atomic E-state index is 10.4. The highest BCUT2D eigenvalue weighted by molar-refractivity contribution is 6.30. The number of hydrogen-bond acceptors (Lipinski definition) is 5. The Kier molecular flexibility index (Phi) is 6.34. The van der Waals surface area contributed by atoms with E-state index in [1.54, 1.807) is 6.20 Å². The van der Waals surface area contributed by atoms with Gasteiger partial charge in [-0.05, 0) is 42.5 Å². The van der Waals surface area contributed by atoms with E-state index in [1.807, 2.05) is 42.5 Å². The molecule has 1 atom stereocenters. The van der Waals surface area contributed by atoms with E-state index < -0.39 is 6.10 Å². The van der Waals surface area contributed by atoms with Gasteiger partial charge >= 0.3 is 0 Å². The van der Waals surface area contributed by atoms with Crippen molar-refractivity contribution in [2.75, 3.05) is 44.2 Å². The molecule has 152 valence electrons. The number of β-amino-alcohol motifs (C(OH)–C–C–N with tert-alkyl or cyclic N) is 1. The number of nitrogens with zero attached hydrogens (tertiary/aromatic N) is 3. The highest BCUT2D eigenvalue weighted by atomic mass is 35.5. The summed E-state index contributed by atoms with van der Waals surface area (Å²) in [5, 5.41) is 18.1. The average molecular weight is 413 g/mol. The number of aromatic amines is 1. The van der Waals surface area contributed by atoms with Crippen LogP contribution in [0.2, 0.25) is 5.02 Å². The lowest BCUT2D eigenvalue weighted by Crippen LogP contribution is -2.49. The van der Waals surface area contributed by atoms with Gasteiger partial charge in [-0.2, -0.15) is 5.10 Å². The number of piperazine rings is 1. The number of rotatable bonds is 7. The predicted octanol–water partition coefficient (Wildman–Crippen LogP) is 3.29. The van der Waals surface area contributed by atoms with Crippen molar-refractivity contribution in [3.63, 3.8) is 0 Å². The molecule has 1 aromatic heterocycles. The molecule has 1 aliphatic rings. The number of aliphatic hydroxyl groups is 1. The van der Waals surface area contributed by atoms with Crippen molar-refractivity contribution in [3.8, 4) is 17.0 Å². The van der Waals surface area contributed by atoms with Crippen molar-refractivity contribution < 1.29 is 9.84 Å². The first-order chi connectivity index (χ1) is 14.2. The number of hydrogen-bond donors (Lipinski definition) is 2. The van der Waals surface area contributed by atoms with Crippen LogP contribution >= 0.6 is 11.6 Å². The van der Waals surface area contributed by atoms with Gasteiger partial charge in [0.15, 0.2) is 0 Å². The van der Waals surface area contributed by atoms with Crippen molar-refractivity contribution in [1.82, 2.24) is 15.1 Å². The highest BCUT2D eigenvalue weighted by Gasteiger charge is 2.20. The topological polar surface area (TPSA) is 64.6 Å². The van der Waals surface area contributed by atoms with Crippen LogP contribution in [0.4, 0.5) is 5.69 Å². The third-order valence-corrected chi connectivity index (χ3v) is 5.37. The van der Waals surface area contributed by atoms with Crippen LogP contribution in [0.3, 0.4) is 0 Å². The van der Waals surface area contributed by atoms with Crippen molar-refractivity contribution in [2.24, 2.45) is 0 Å². The fourth-order valence-electron chi connectivity index (χ4n) is 3.55. The molecule has 0 amide bonds. The fourth-order valence-corrected chi connectivity index (χ4v) is 3.68. The molecule has 2 aromatic carbocycles. The van der Waals surface area contributed by atoms with Crippen LogP contribution in [-0.2, 0) is 0 Å².